The van der Waals surface area contributed by atoms with Gasteiger partial charge in [0, 0.05) is 22.7 Å². The van der Waals surface area contributed by atoms with E-state index in [4.69, 9.17) is 0 Å². The Bertz CT molecular complexity index is 998. The lowest BCUT2D eigenvalue weighted by molar-refractivity contribution is 0.272. The van der Waals surface area contributed by atoms with Crippen LogP contribution in [0.4, 0.5) is 4.39 Å². The molecular formula is C21H20FNO. The standard InChI is InChI=1S/C21H20FNO/c1-13-10-14(21(2)8-3-9-21)4-6-16(13)19-12-20(24)17-7-5-15(22)11-18(17)23-19/h4-7,10-12H,3,8-9H2,1-2H3,(H,23,24). The summed E-state index contributed by atoms with van der Waals surface area (Å²) in [4.78, 5) is 15.5. The van der Waals surface area contributed by atoms with Gasteiger partial charge in [0.2, 0.25) is 0 Å². The first kappa shape index (κ1) is 15.1. The predicted molar refractivity (Wildman–Crippen MR) is 95.9 cm³/mol. The van der Waals surface area contributed by atoms with Gasteiger partial charge in [0.05, 0.1) is 5.52 Å². The zero-order valence-corrected chi connectivity index (χ0v) is 13.9. The molecule has 3 heteroatoms. The van der Waals surface area contributed by atoms with E-state index in [1.807, 2.05) is 0 Å². The van der Waals surface area contributed by atoms with Crippen molar-refractivity contribution in [3.63, 3.8) is 0 Å². The second-order valence-corrected chi connectivity index (χ2v) is 7.18. The van der Waals surface area contributed by atoms with Gasteiger partial charge in [-0.3, -0.25) is 4.79 Å². The van der Waals surface area contributed by atoms with Crippen molar-refractivity contribution >= 4 is 10.9 Å². The van der Waals surface area contributed by atoms with Gasteiger partial charge in [-0.2, -0.15) is 0 Å². The van der Waals surface area contributed by atoms with E-state index in [9.17, 15) is 9.18 Å². The molecule has 0 saturated heterocycles. The first-order valence-corrected chi connectivity index (χ1v) is 8.40. The summed E-state index contributed by atoms with van der Waals surface area (Å²) >= 11 is 0. The number of aromatic amines is 1. The van der Waals surface area contributed by atoms with Crippen LogP contribution >= 0.6 is 0 Å². The highest BCUT2D eigenvalue weighted by atomic mass is 19.1. The van der Waals surface area contributed by atoms with E-state index in [2.05, 4.69) is 37.0 Å². The van der Waals surface area contributed by atoms with Crippen molar-refractivity contribution in [3.8, 4) is 11.3 Å². The Morgan fingerprint density at radius 3 is 2.54 bits per heavy atom. The summed E-state index contributed by atoms with van der Waals surface area (Å²) in [6, 6.07) is 12.3. The number of rotatable bonds is 2. The molecule has 1 heterocycles. The van der Waals surface area contributed by atoms with Gasteiger partial charge >= 0.3 is 0 Å². The molecule has 1 aliphatic rings. The Morgan fingerprint density at radius 1 is 1.08 bits per heavy atom. The van der Waals surface area contributed by atoms with Crippen LogP contribution in [0.3, 0.4) is 0 Å². The Hall–Kier alpha value is -2.42. The topological polar surface area (TPSA) is 32.9 Å². The van der Waals surface area contributed by atoms with Crippen molar-refractivity contribution in [3.05, 3.63) is 69.6 Å². The molecule has 0 bridgehead atoms. The van der Waals surface area contributed by atoms with Gasteiger partial charge in [0.25, 0.3) is 0 Å². The summed E-state index contributed by atoms with van der Waals surface area (Å²) < 4.78 is 13.5. The van der Waals surface area contributed by atoms with Crippen molar-refractivity contribution in [2.45, 2.75) is 38.5 Å². The minimum Gasteiger partial charge on any atom is -0.354 e. The second kappa shape index (κ2) is 5.30. The first-order valence-electron chi connectivity index (χ1n) is 8.40. The number of hydrogen-bond donors (Lipinski definition) is 1. The zero-order chi connectivity index (χ0) is 16.9. The van der Waals surface area contributed by atoms with Gasteiger partial charge in [-0.25, -0.2) is 4.39 Å². The van der Waals surface area contributed by atoms with Crippen LogP contribution in [0.1, 0.15) is 37.3 Å². The largest absolute Gasteiger partial charge is 0.354 e. The molecule has 4 rings (SSSR count). The van der Waals surface area contributed by atoms with Gasteiger partial charge in [0.1, 0.15) is 5.82 Å². The summed E-state index contributed by atoms with van der Waals surface area (Å²) in [6.07, 6.45) is 3.76. The zero-order valence-electron chi connectivity index (χ0n) is 13.9. The summed E-state index contributed by atoms with van der Waals surface area (Å²) in [5.74, 6) is -0.347. The minimum absolute atomic E-state index is 0.0896. The number of H-pyrrole nitrogens is 1. The van der Waals surface area contributed by atoms with Gasteiger partial charge in [-0.05, 0) is 54.5 Å². The van der Waals surface area contributed by atoms with E-state index >= 15 is 0 Å². The molecule has 2 aromatic carbocycles. The summed E-state index contributed by atoms with van der Waals surface area (Å²) in [5.41, 5.74) is 4.96. The average Bonchev–Trinajstić information content (AvgIpc) is 2.52. The highest BCUT2D eigenvalue weighted by molar-refractivity contribution is 5.82. The lowest BCUT2D eigenvalue weighted by atomic mass is 9.66. The van der Waals surface area contributed by atoms with E-state index in [0.717, 1.165) is 16.8 Å². The first-order chi connectivity index (χ1) is 11.5. The number of benzene rings is 2. The van der Waals surface area contributed by atoms with Gasteiger partial charge in [-0.1, -0.05) is 31.5 Å². The third kappa shape index (κ3) is 2.35. The molecule has 0 unspecified atom stereocenters. The minimum atomic E-state index is -0.347. The van der Waals surface area contributed by atoms with E-state index in [0.29, 0.717) is 16.3 Å². The van der Waals surface area contributed by atoms with Crippen LogP contribution < -0.4 is 5.43 Å². The van der Waals surface area contributed by atoms with Crippen molar-refractivity contribution in [2.24, 2.45) is 0 Å². The van der Waals surface area contributed by atoms with Gasteiger partial charge in [0.15, 0.2) is 5.43 Å². The van der Waals surface area contributed by atoms with E-state index in [1.165, 1.54) is 43.0 Å². The summed E-state index contributed by atoms with van der Waals surface area (Å²) in [5, 5.41) is 0.511. The molecule has 0 amide bonds. The molecular weight excluding hydrogens is 301 g/mol. The molecule has 1 fully saturated rings. The SMILES string of the molecule is Cc1cc(C2(C)CCC2)ccc1-c1cc(=O)c2ccc(F)cc2[nH]1. The van der Waals surface area contributed by atoms with Crippen molar-refractivity contribution in [1.29, 1.82) is 0 Å². The Kier molecular flexibility index (Phi) is 3.34. The normalized spacial score (nSPS) is 16.1. The van der Waals surface area contributed by atoms with E-state index < -0.39 is 0 Å². The van der Waals surface area contributed by atoms with E-state index in [-0.39, 0.29) is 11.2 Å². The molecule has 0 radical (unpaired) electrons. The molecule has 0 spiro atoms. The average molecular weight is 321 g/mol. The maximum Gasteiger partial charge on any atom is 0.190 e. The number of fused-ring (bicyclic) bond motifs is 1. The molecule has 0 atom stereocenters. The molecule has 1 N–H and O–H groups in total. The number of aromatic nitrogens is 1. The van der Waals surface area contributed by atoms with Gasteiger partial charge in [-0.15, -0.1) is 0 Å². The van der Waals surface area contributed by atoms with Crippen LogP contribution in [-0.4, -0.2) is 4.98 Å². The van der Waals surface area contributed by atoms with Crippen LogP contribution in [-0.2, 0) is 5.41 Å². The predicted octanol–water partition coefficient (Wildman–Crippen LogP) is 5.08. The molecule has 24 heavy (non-hydrogen) atoms. The lowest BCUT2D eigenvalue weighted by Crippen LogP contribution is -2.30. The fourth-order valence-electron chi connectivity index (χ4n) is 3.71. The molecule has 1 saturated carbocycles. The maximum atomic E-state index is 13.5. The Balaban J connectivity index is 1.84. The van der Waals surface area contributed by atoms with Crippen molar-refractivity contribution < 1.29 is 4.39 Å². The third-order valence-corrected chi connectivity index (χ3v) is 5.46. The lowest BCUT2D eigenvalue weighted by Gasteiger charge is -2.39. The summed E-state index contributed by atoms with van der Waals surface area (Å²) in [6.45, 7) is 4.38. The monoisotopic (exact) mass is 321 g/mol. The fraction of sp³-hybridized carbons (Fsp3) is 0.286. The molecule has 0 aliphatic heterocycles. The third-order valence-electron chi connectivity index (χ3n) is 5.46. The Labute approximate surface area is 140 Å². The fourth-order valence-corrected chi connectivity index (χ4v) is 3.71. The number of hydrogen-bond acceptors (Lipinski definition) is 1. The smallest absolute Gasteiger partial charge is 0.190 e. The molecule has 3 aromatic rings. The number of pyridine rings is 1. The molecule has 122 valence electrons. The number of aryl methyl sites for hydroxylation is 1. The number of nitrogens with one attached hydrogen (secondary N) is 1. The number of halogens is 1. The van der Waals surface area contributed by atoms with Gasteiger partial charge < -0.3 is 4.98 Å². The van der Waals surface area contributed by atoms with Crippen LogP contribution in [0, 0.1) is 12.7 Å². The Morgan fingerprint density at radius 2 is 1.88 bits per heavy atom. The van der Waals surface area contributed by atoms with Crippen molar-refractivity contribution in [1.82, 2.24) is 4.98 Å². The van der Waals surface area contributed by atoms with Crippen molar-refractivity contribution in [2.75, 3.05) is 0 Å². The summed E-state index contributed by atoms with van der Waals surface area (Å²) in [7, 11) is 0. The molecule has 1 aromatic heterocycles. The van der Waals surface area contributed by atoms with Crippen LogP contribution in [0.25, 0.3) is 22.2 Å². The second-order valence-electron chi connectivity index (χ2n) is 7.18. The molecule has 2 nitrogen and oxygen atoms in total. The highest BCUT2D eigenvalue weighted by Crippen LogP contribution is 2.44. The van der Waals surface area contributed by atoms with Crippen LogP contribution in [0.2, 0.25) is 0 Å². The molecule has 1 aliphatic carbocycles. The van der Waals surface area contributed by atoms with Crippen LogP contribution in [0.5, 0.6) is 0 Å². The maximum absolute atomic E-state index is 13.5. The van der Waals surface area contributed by atoms with E-state index in [1.54, 1.807) is 6.07 Å². The quantitative estimate of drug-likeness (QED) is 0.701. The van der Waals surface area contributed by atoms with Crippen LogP contribution in [0.15, 0.2) is 47.3 Å². The highest BCUT2D eigenvalue weighted by Gasteiger charge is 2.33.